The van der Waals surface area contributed by atoms with E-state index in [-0.39, 0.29) is 16.7 Å². The van der Waals surface area contributed by atoms with Crippen LogP contribution in [0.25, 0.3) is 5.76 Å². The average Bonchev–Trinajstić information content (AvgIpc) is 2.96. The number of likely N-dealkylation sites (N-methyl/N-ethyl adjacent to an activating group) is 1. The molecule has 0 bridgehead atoms. The van der Waals surface area contributed by atoms with Gasteiger partial charge in [0.2, 0.25) is 0 Å². The first-order valence-electron chi connectivity index (χ1n) is 10.2. The molecule has 158 valence electrons. The van der Waals surface area contributed by atoms with Crippen molar-refractivity contribution in [1.29, 1.82) is 0 Å². The Bertz CT molecular complexity index is 954. The maximum absolute atomic E-state index is 13.0. The van der Waals surface area contributed by atoms with E-state index in [1.807, 2.05) is 49.3 Å². The molecule has 1 fully saturated rings. The van der Waals surface area contributed by atoms with Crippen molar-refractivity contribution in [2.24, 2.45) is 0 Å². The number of hydrogen-bond donors (Lipinski definition) is 1. The monoisotopic (exact) mass is 406 g/mol. The molecule has 1 N–H and O–H groups in total. The van der Waals surface area contributed by atoms with Crippen LogP contribution in [0.1, 0.15) is 43.5 Å². The van der Waals surface area contributed by atoms with Crippen LogP contribution in [0.5, 0.6) is 0 Å². The van der Waals surface area contributed by atoms with Crippen LogP contribution in [0, 0.1) is 0 Å². The summed E-state index contributed by atoms with van der Waals surface area (Å²) in [6.45, 7) is 7.44. The van der Waals surface area contributed by atoms with Gasteiger partial charge in [0.15, 0.2) is 0 Å². The van der Waals surface area contributed by atoms with Crippen molar-refractivity contribution in [3.05, 3.63) is 76.9 Å². The van der Waals surface area contributed by atoms with Gasteiger partial charge in [0.05, 0.1) is 11.6 Å². The second-order valence-electron chi connectivity index (χ2n) is 9.03. The molecule has 1 aliphatic heterocycles. The standard InChI is InChI=1S/C25H30N2O3/c1-25(2,3)19-13-11-17(12-14-19)21-20(22(28)18-9-7-6-8-10-18)23(29)24(30)27(21)16-15-26(4)5/h6-14,21,28H,15-16H2,1-5H3/b22-20-. The Morgan fingerprint density at radius 3 is 2.13 bits per heavy atom. The average molecular weight is 407 g/mol. The van der Waals surface area contributed by atoms with E-state index in [4.69, 9.17) is 0 Å². The Morgan fingerprint density at radius 1 is 1.00 bits per heavy atom. The lowest BCUT2D eigenvalue weighted by Gasteiger charge is -2.27. The summed E-state index contributed by atoms with van der Waals surface area (Å²) in [5, 5.41) is 11.0. The number of amides is 1. The highest BCUT2D eigenvalue weighted by molar-refractivity contribution is 6.46. The third-order valence-electron chi connectivity index (χ3n) is 5.47. The third kappa shape index (κ3) is 4.31. The molecular formula is C25H30N2O3. The molecule has 5 nitrogen and oxygen atoms in total. The highest BCUT2D eigenvalue weighted by Crippen LogP contribution is 2.39. The fourth-order valence-corrected chi connectivity index (χ4v) is 3.68. The number of aliphatic hydroxyl groups is 1. The number of benzene rings is 2. The summed E-state index contributed by atoms with van der Waals surface area (Å²) in [5.41, 5.74) is 2.65. The smallest absolute Gasteiger partial charge is 0.295 e. The van der Waals surface area contributed by atoms with Crippen LogP contribution >= 0.6 is 0 Å². The Labute approximate surface area is 178 Å². The van der Waals surface area contributed by atoms with Crippen molar-refractivity contribution in [2.45, 2.75) is 32.2 Å². The maximum atomic E-state index is 13.0. The zero-order valence-corrected chi connectivity index (χ0v) is 18.3. The number of hydrogen-bond acceptors (Lipinski definition) is 4. The first kappa shape index (κ1) is 21.8. The van der Waals surface area contributed by atoms with Gasteiger partial charge in [0.1, 0.15) is 5.76 Å². The molecular weight excluding hydrogens is 376 g/mol. The van der Waals surface area contributed by atoms with Gasteiger partial charge in [-0.15, -0.1) is 0 Å². The minimum Gasteiger partial charge on any atom is -0.507 e. The van der Waals surface area contributed by atoms with Crippen LogP contribution in [-0.4, -0.2) is 53.8 Å². The number of ketones is 1. The van der Waals surface area contributed by atoms with Gasteiger partial charge in [0.25, 0.3) is 11.7 Å². The number of Topliss-reactive ketones (excluding diaryl/α,β-unsaturated/α-hetero) is 1. The summed E-state index contributed by atoms with van der Waals surface area (Å²) in [6, 6.07) is 16.3. The molecule has 3 rings (SSSR count). The largest absolute Gasteiger partial charge is 0.507 e. The first-order valence-corrected chi connectivity index (χ1v) is 10.2. The predicted molar refractivity (Wildman–Crippen MR) is 119 cm³/mol. The van der Waals surface area contributed by atoms with Crippen molar-refractivity contribution in [1.82, 2.24) is 9.80 Å². The molecule has 1 atom stereocenters. The highest BCUT2D eigenvalue weighted by Gasteiger charge is 2.45. The molecule has 1 saturated heterocycles. The SMILES string of the molecule is CN(C)CCN1C(=O)C(=O)/C(=C(\O)c2ccccc2)C1c1ccc(C(C)(C)C)cc1. The number of likely N-dealkylation sites (tertiary alicyclic amines) is 1. The molecule has 30 heavy (non-hydrogen) atoms. The lowest BCUT2D eigenvalue weighted by Crippen LogP contribution is -2.35. The normalized spacial score (nSPS) is 19.0. The molecule has 1 unspecified atom stereocenters. The molecule has 0 aromatic heterocycles. The van der Waals surface area contributed by atoms with E-state index >= 15 is 0 Å². The van der Waals surface area contributed by atoms with Crippen LogP contribution in [0.15, 0.2) is 60.2 Å². The summed E-state index contributed by atoms with van der Waals surface area (Å²) >= 11 is 0. The van der Waals surface area contributed by atoms with E-state index in [2.05, 4.69) is 20.8 Å². The third-order valence-corrected chi connectivity index (χ3v) is 5.47. The molecule has 1 amide bonds. The predicted octanol–water partition coefficient (Wildman–Crippen LogP) is 3.97. The summed E-state index contributed by atoms with van der Waals surface area (Å²) in [7, 11) is 3.85. The summed E-state index contributed by atoms with van der Waals surface area (Å²) in [4.78, 5) is 29.4. The van der Waals surface area contributed by atoms with Crippen molar-refractivity contribution in [3.8, 4) is 0 Å². The van der Waals surface area contributed by atoms with Crippen molar-refractivity contribution >= 4 is 17.4 Å². The van der Waals surface area contributed by atoms with Gasteiger partial charge < -0.3 is 14.9 Å². The van der Waals surface area contributed by atoms with E-state index in [9.17, 15) is 14.7 Å². The van der Waals surface area contributed by atoms with Crippen LogP contribution in [0.2, 0.25) is 0 Å². The van der Waals surface area contributed by atoms with E-state index in [1.54, 1.807) is 29.2 Å². The molecule has 0 radical (unpaired) electrons. The fraction of sp³-hybridized carbons (Fsp3) is 0.360. The van der Waals surface area contributed by atoms with Crippen molar-refractivity contribution in [2.75, 3.05) is 27.2 Å². The van der Waals surface area contributed by atoms with Gasteiger partial charge in [0, 0.05) is 18.7 Å². The fourth-order valence-electron chi connectivity index (χ4n) is 3.68. The molecule has 2 aromatic rings. The van der Waals surface area contributed by atoms with Crippen LogP contribution in [-0.2, 0) is 15.0 Å². The second-order valence-corrected chi connectivity index (χ2v) is 9.03. The quantitative estimate of drug-likeness (QED) is 0.464. The van der Waals surface area contributed by atoms with Gasteiger partial charge in [-0.05, 0) is 30.6 Å². The molecule has 1 aliphatic rings. The zero-order valence-electron chi connectivity index (χ0n) is 18.3. The molecule has 0 saturated carbocycles. The minimum absolute atomic E-state index is 0.00466. The highest BCUT2D eigenvalue weighted by atomic mass is 16.3. The van der Waals surface area contributed by atoms with Gasteiger partial charge in [-0.25, -0.2) is 0 Å². The Balaban J connectivity index is 2.12. The summed E-state index contributed by atoms with van der Waals surface area (Å²) in [5.74, 6) is -1.34. The number of aliphatic hydroxyl groups excluding tert-OH is 1. The van der Waals surface area contributed by atoms with Gasteiger partial charge >= 0.3 is 0 Å². The first-order chi connectivity index (χ1) is 14.1. The zero-order chi connectivity index (χ0) is 22.1. The maximum Gasteiger partial charge on any atom is 0.295 e. The van der Waals surface area contributed by atoms with E-state index in [0.717, 1.165) is 5.56 Å². The number of nitrogens with zero attached hydrogens (tertiary/aromatic N) is 2. The summed E-state index contributed by atoms with van der Waals surface area (Å²) in [6.07, 6.45) is 0. The number of carbonyl (C=O) groups excluding carboxylic acids is 2. The van der Waals surface area contributed by atoms with E-state index in [1.165, 1.54) is 5.56 Å². The van der Waals surface area contributed by atoms with Gasteiger partial charge in [-0.3, -0.25) is 9.59 Å². The molecule has 1 heterocycles. The van der Waals surface area contributed by atoms with Crippen LogP contribution in [0.3, 0.4) is 0 Å². The van der Waals surface area contributed by atoms with Gasteiger partial charge in [-0.1, -0.05) is 75.4 Å². The van der Waals surface area contributed by atoms with E-state index < -0.39 is 17.7 Å². The van der Waals surface area contributed by atoms with Crippen molar-refractivity contribution < 1.29 is 14.7 Å². The number of carbonyl (C=O) groups is 2. The lowest BCUT2D eigenvalue weighted by atomic mass is 9.85. The molecule has 0 spiro atoms. The lowest BCUT2D eigenvalue weighted by molar-refractivity contribution is -0.140. The second kappa shape index (κ2) is 8.44. The molecule has 5 heteroatoms. The molecule has 0 aliphatic carbocycles. The van der Waals surface area contributed by atoms with Crippen LogP contribution in [0.4, 0.5) is 0 Å². The Morgan fingerprint density at radius 2 is 1.60 bits per heavy atom. The molecule has 2 aromatic carbocycles. The topological polar surface area (TPSA) is 60.9 Å². The summed E-state index contributed by atoms with van der Waals surface area (Å²) < 4.78 is 0. The van der Waals surface area contributed by atoms with Gasteiger partial charge in [-0.2, -0.15) is 0 Å². The Kier molecular flexibility index (Phi) is 6.13. The number of rotatable bonds is 5. The van der Waals surface area contributed by atoms with Crippen molar-refractivity contribution in [3.63, 3.8) is 0 Å². The van der Waals surface area contributed by atoms with E-state index in [0.29, 0.717) is 18.7 Å². The Hall–Kier alpha value is -2.92. The minimum atomic E-state index is -0.639. The van der Waals surface area contributed by atoms with Crippen LogP contribution < -0.4 is 0 Å².